The van der Waals surface area contributed by atoms with E-state index < -0.39 is 0 Å². The summed E-state index contributed by atoms with van der Waals surface area (Å²) in [6.45, 7) is 1.86. The third-order valence-electron chi connectivity index (χ3n) is 5.63. The van der Waals surface area contributed by atoms with Crippen LogP contribution in [0.5, 0.6) is 5.75 Å². The molecule has 32 heavy (non-hydrogen) atoms. The molecule has 1 amide bonds. The zero-order valence-corrected chi connectivity index (χ0v) is 18.6. The van der Waals surface area contributed by atoms with Gasteiger partial charge in [-0.2, -0.15) is 4.68 Å². The van der Waals surface area contributed by atoms with Crippen LogP contribution in [0.15, 0.2) is 65.5 Å². The zero-order valence-electron chi connectivity index (χ0n) is 17.8. The third kappa shape index (κ3) is 5.11. The average Bonchev–Trinajstić information content (AvgIpc) is 2.83. The quantitative estimate of drug-likeness (QED) is 0.620. The molecule has 1 aromatic heterocycles. The Morgan fingerprint density at radius 1 is 1.12 bits per heavy atom. The van der Waals surface area contributed by atoms with Crippen molar-refractivity contribution in [2.75, 3.05) is 25.1 Å². The van der Waals surface area contributed by atoms with Crippen molar-refractivity contribution in [3.63, 3.8) is 0 Å². The van der Waals surface area contributed by atoms with Crippen LogP contribution in [0.1, 0.15) is 18.4 Å². The molecule has 8 heteroatoms. The highest BCUT2D eigenvalue weighted by molar-refractivity contribution is 6.30. The minimum absolute atomic E-state index is 0.0457. The fraction of sp³-hybridized carbons (Fsp3) is 0.292. The molecule has 1 fully saturated rings. The van der Waals surface area contributed by atoms with E-state index in [1.54, 1.807) is 37.4 Å². The second-order valence-corrected chi connectivity index (χ2v) is 8.19. The number of nitrogens with one attached hydrogen (secondary N) is 1. The van der Waals surface area contributed by atoms with E-state index in [0.29, 0.717) is 36.2 Å². The third-order valence-corrected chi connectivity index (χ3v) is 5.86. The van der Waals surface area contributed by atoms with Crippen LogP contribution in [0, 0.1) is 5.92 Å². The van der Waals surface area contributed by atoms with Gasteiger partial charge in [0.1, 0.15) is 11.6 Å². The topological polar surface area (TPSA) is 76.5 Å². The van der Waals surface area contributed by atoms with E-state index in [2.05, 4.69) is 15.3 Å². The van der Waals surface area contributed by atoms with Crippen LogP contribution in [0.2, 0.25) is 5.02 Å². The maximum Gasteiger partial charge on any atom is 0.271 e. The van der Waals surface area contributed by atoms with Crippen molar-refractivity contribution in [3.8, 4) is 11.4 Å². The molecule has 0 spiro atoms. The Bertz CT molecular complexity index is 1160. The molecule has 1 saturated heterocycles. The SMILES string of the molecule is COc1cccc(CNC(=O)C2CCN(c3ccc(=O)n(-c4cccc(Cl)c4)n3)CC2)c1. The number of anilines is 1. The summed E-state index contributed by atoms with van der Waals surface area (Å²) in [6, 6.07) is 18.0. The Morgan fingerprint density at radius 3 is 2.66 bits per heavy atom. The van der Waals surface area contributed by atoms with Gasteiger partial charge in [0, 0.05) is 36.6 Å². The molecule has 2 aromatic carbocycles. The maximum atomic E-state index is 12.7. The number of halogens is 1. The highest BCUT2D eigenvalue weighted by Crippen LogP contribution is 2.22. The largest absolute Gasteiger partial charge is 0.497 e. The second kappa shape index (κ2) is 9.87. The van der Waals surface area contributed by atoms with Gasteiger partial charge in [-0.25, -0.2) is 0 Å². The van der Waals surface area contributed by atoms with E-state index in [9.17, 15) is 9.59 Å². The lowest BCUT2D eigenvalue weighted by molar-refractivity contribution is -0.125. The first-order chi connectivity index (χ1) is 15.5. The molecule has 166 valence electrons. The van der Waals surface area contributed by atoms with E-state index in [1.165, 1.54) is 10.7 Å². The van der Waals surface area contributed by atoms with Gasteiger partial charge in [0.15, 0.2) is 0 Å². The maximum absolute atomic E-state index is 12.7. The molecule has 0 saturated carbocycles. The monoisotopic (exact) mass is 452 g/mol. The van der Waals surface area contributed by atoms with E-state index >= 15 is 0 Å². The predicted molar refractivity (Wildman–Crippen MR) is 125 cm³/mol. The standard InChI is InChI=1S/C24H25ClN4O3/c1-32-21-7-2-4-17(14-21)16-26-24(31)18-10-12-28(13-11-18)22-8-9-23(30)29(27-22)20-6-3-5-19(25)15-20/h2-9,14-15,18H,10-13,16H2,1H3,(H,26,31). The highest BCUT2D eigenvalue weighted by Gasteiger charge is 2.26. The number of piperidine rings is 1. The first-order valence-electron chi connectivity index (χ1n) is 10.6. The van der Waals surface area contributed by atoms with Crippen LogP contribution in [0.3, 0.4) is 0 Å². The Morgan fingerprint density at radius 2 is 1.91 bits per heavy atom. The number of carbonyl (C=O) groups is 1. The molecule has 4 rings (SSSR count). The van der Waals surface area contributed by atoms with Crippen molar-refractivity contribution in [3.05, 3.63) is 81.6 Å². The number of benzene rings is 2. The lowest BCUT2D eigenvalue weighted by atomic mass is 9.96. The molecule has 0 atom stereocenters. The summed E-state index contributed by atoms with van der Waals surface area (Å²) >= 11 is 6.06. The summed E-state index contributed by atoms with van der Waals surface area (Å²) in [5, 5.41) is 8.10. The molecule has 1 aliphatic rings. The fourth-order valence-electron chi connectivity index (χ4n) is 3.85. The van der Waals surface area contributed by atoms with E-state index in [4.69, 9.17) is 16.3 Å². The van der Waals surface area contributed by atoms with Crippen molar-refractivity contribution in [2.45, 2.75) is 19.4 Å². The van der Waals surface area contributed by atoms with Crippen LogP contribution in [-0.2, 0) is 11.3 Å². The van der Waals surface area contributed by atoms with Crippen molar-refractivity contribution in [2.24, 2.45) is 5.92 Å². The van der Waals surface area contributed by atoms with E-state index in [1.807, 2.05) is 24.3 Å². The smallest absolute Gasteiger partial charge is 0.271 e. The Labute approximate surface area is 191 Å². The van der Waals surface area contributed by atoms with Gasteiger partial charge < -0.3 is 15.0 Å². The summed E-state index contributed by atoms with van der Waals surface area (Å²) < 4.78 is 6.58. The fourth-order valence-corrected chi connectivity index (χ4v) is 4.03. The summed E-state index contributed by atoms with van der Waals surface area (Å²) in [4.78, 5) is 27.1. The zero-order chi connectivity index (χ0) is 22.5. The number of hydrogen-bond acceptors (Lipinski definition) is 5. The van der Waals surface area contributed by atoms with Gasteiger partial charge in [-0.3, -0.25) is 9.59 Å². The Hall–Kier alpha value is -3.32. The molecule has 7 nitrogen and oxygen atoms in total. The minimum Gasteiger partial charge on any atom is -0.497 e. The number of hydrogen-bond donors (Lipinski definition) is 1. The van der Waals surface area contributed by atoms with Gasteiger partial charge in [-0.15, -0.1) is 5.10 Å². The van der Waals surface area contributed by atoms with Gasteiger partial charge in [-0.05, 0) is 54.8 Å². The molecule has 2 heterocycles. The minimum atomic E-state index is -0.220. The number of aromatic nitrogens is 2. The highest BCUT2D eigenvalue weighted by atomic mass is 35.5. The van der Waals surface area contributed by atoms with Crippen LogP contribution in [0.4, 0.5) is 5.82 Å². The molecular weight excluding hydrogens is 428 g/mol. The first kappa shape index (κ1) is 21.9. The molecule has 0 bridgehead atoms. The average molecular weight is 453 g/mol. The van der Waals surface area contributed by atoms with Gasteiger partial charge >= 0.3 is 0 Å². The lowest BCUT2D eigenvalue weighted by Gasteiger charge is -2.32. The Kier molecular flexibility index (Phi) is 6.75. The number of amides is 1. The molecule has 0 unspecified atom stereocenters. The van der Waals surface area contributed by atoms with Gasteiger partial charge in [-0.1, -0.05) is 29.8 Å². The number of rotatable bonds is 6. The van der Waals surface area contributed by atoms with Crippen LogP contribution in [0.25, 0.3) is 5.69 Å². The summed E-state index contributed by atoms with van der Waals surface area (Å²) in [5.41, 5.74) is 1.40. The van der Waals surface area contributed by atoms with Gasteiger partial charge in [0.25, 0.3) is 5.56 Å². The normalized spacial score (nSPS) is 14.2. The van der Waals surface area contributed by atoms with Crippen LogP contribution < -0.4 is 20.5 Å². The lowest BCUT2D eigenvalue weighted by Crippen LogP contribution is -2.41. The molecule has 1 N–H and O–H groups in total. The van der Waals surface area contributed by atoms with E-state index in [-0.39, 0.29) is 17.4 Å². The number of methoxy groups -OCH3 is 1. The van der Waals surface area contributed by atoms with Gasteiger partial charge in [0.2, 0.25) is 5.91 Å². The molecule has 1 aliphatic heterocycles. The molecule has 3 aromatic rings. The molecular formula is C24H25ClN4O3. The van der Waals surface area contributed by atoms with Crippen molar-refractivity contribution >= 4 is 23.3 Å². The molecule has 0 aliphatic carbocycles. The number of nitrogens with zero attached hydrogens (tertiary/aromatic N) is 3. The second-order valence-electron chi connectivity index (χ2n) is 7.75. The Balaban J connectivity index is 1.36. The van der Waals surface area contributed by atoms with Crippen molar-refractivity contribution in [1.29, 1.82) is 0 Å². The van der Waals surface area contributed by atoms with Crippen LogP contribution >= 0.6 is 11.6 Å². The van der Waals surface area contributed by atoms with Crippen LogP contribution in [-0.4, -0.2) is 35.9 Å². The number of ether oxygens (including phenoxy) is 1. The first-order valence-corrected chi connectivity index (χ1v) is 10.9. The van der Waals surface area contributed by atoms with Gasteiger partial charge in [0.05, 0.1) is 12.8 Å². The summed E-state index contributed by atoms with van der Waals surface area (Å²) in [7, 11) is 1.63. The van der Waals surface area contributed by atoms with Crippen molar-refractivity contribution in [1.82, 2.24) is 15.1 Å². The summed E-state index contributed by atoms with van der Waals surface area (Å²) in [5.74, 6) is 1.50. The van der Waals surface area contributed by atoms with Crippen molar-refractivity contribution < 1.29 is 9.53 Å². The summed E-state index contributed by atoms with van der Waals surface area (Å²) in [6.07, 6.45) is 1.45. The number of carbonyl (C=O) groups excluding carboxylic acids is 1. The molecule has 0 radical (unpaired) electrons. The van der Waals surface area contributed by atoms with E-state index in [0.717, 1.165) is 24.2 Å². The predicted octanol–water partition coefficient (Wildman–Crippen LogP) is 3.43.